The molecule has 5 N–H and O–H groups in total. The van der Waals surface area contributed by atoms with Gasteiger partial charge in [-0.25, -0.2) is 0 Å². The van der Waals surface area contributed by atoms with E-state index in [2.05, 4.69) is 5.32 Å². The van der Waals surface area contributed by atoms with E-state index in [9.17, 15) is 41.6 Å². The van der Waals surface area contributed by atoms with Gasteiger partial charge >= 0.3 is 13.3 Å². The van der Waals surface area contributed by atoms with Crippen molar-refractivity contribution in [2.75, 3.05) is 31.9 Å². The second-order valence-electron chi connectivity index (χ2n) is 12.8. The lowest BCUT2D eigenvalue weighted by molar-refractivity contribution is -0.148. The molecule has 0 spiro atoms. The molecular weight excluding hydrogens is 717 g/mol. The summed E-state index contributed by atoms with van der Waals surface area (Å²) in [6, 6.07) is 10.7. The minimum absolute atomic E-state index is 0.0116. The Morgan fingerprint density at radius 1 is 0.980 bits per heavy atom. The lowest BCUT2D eigenvalue weighted by Crippen LogP contribution is -2.61. The molecule has 3 aliphatic rings. The lowest BCUT2D eigenvalue weighted by atomic mass is 10.1. The van der Waals surface area contributed by atoms with Crippen molar-refractivity contribution in [2.24, 2.45) is 0 Å². The van der Waals surface area contributed by atoms with E-state index in [0.29, 0.717) is 29.5 Å². The predicted molar refractivity (Wildman–Crippen MR) is 183 cm³/mol. The van der Waals surface area contributed by atoms with E-state index in [4.69, 9.17) is 9.79 Å². The highest BCUT2D eigenvalue weighted by Gasteiger charge is 2.51. The van der Waals surface area contributed by atoms with Crippen LogP contribution in [0.4, 0.5) is 8.78 Å². The highest BCUT2D eigenvalue weighted by Crippen LogP contribution is 2.59. The van der Waals surface area contributed by atoms with E-state index in [1.54, 1.807) is 29.2 Å². The van der Waals surface area contributed by atoms with Crippen molar-refractivity contribution >= 4 is 63.2 Å². The largest absolute Gasteiger partial charge is 0.399 e. The average molecular weight is 755 g/mol. The quantitative estimate of drug-likeness (QED) is 0.230. The summed E-state index contributed by atoms with van der Waals surface area (Å²) in [7, 11) is -8.85. The number of benzene rings is 2. The third-order valence-electron chi connectivity index (χ3n) is 9.67. The fraction of sp³-hybridized carbons (Fsp3) is 0.438. The van der Waals surface area contributed by atoms with Gasteiger partial charge < -0.3 is 29.8 Å². The second-order valence-corrected chi connectivity index (χ2v) is 18.0. The van der Waals surface area contributed by atoms with Gasteiger partial charge in [-0.1, -0.05) is 36.4 Å². The number of nitrogens with one attached hydrogen (secondary N) is 1. The number of nitrogens with zero attached hydrogens (tertiary/aromatic N) is 3. The molecule has 0 saturated carbocycles. The molecule has 1 unspecified atom stereocenters. The van der Waals surface area contributed by atoms with Crippen molar-refractivity contribution in [1.29, 1.82) is 0 Å². The molecule has 0 aliphatic carbocycles. The standard InChI is InChI=1S/C32H37F2N4O9PS2/c1-19(39)36-12-11-23-8-9-25(31(42)37-13-14-50(46,47)28(18-37)20-5-3-2-4-6-20)38(23)30(41)24(17-36)35-29(40)27-16-21-15-22(7-10-26(21)49-27)32(33,34)48(43,44)45/h2-7,10,15-16,23-25,28,46-47H,8-9,11-14,17-18H2,1H3,(H,35,40)(H2,43,44,45)/t23-,24+,25+,28?/m1/s1. The third-order valence-corrected chi connectivity index (χ3v) is 13.9. The minimum atomic E-state index is -5.82. The maximum absolute atomic E-state index is 14.4. The van der Waals surface area contributed by atoms with E-state index < -0.39 is 64.6 Å². The van der Waals surface area contributed by atoms with Crippen LogP contribution in [0.25, 0.3) is 10.1 Å². The van der Waals surface area contributed by atoms with Crippen molar-refractivity contribution in [2.45, 2.75) is 55.2 Å². The molecule has 50 heavy (non-hydrogen) atoms. The van der Waals surface area contributed by atoms with Gasteiger partial charge in [-0.05, 0) is 48.4 Å². The Morgan fingerprint density at radius 3 is 2.38 bits per heavy atom. The second kappa shape index (κ2) is 13.6. The number of alkyl halides is 2. The molecule has 270 valence electrons. The zero-order valence-corrected chi connectivity index (χ0v) is 29.4. The molecule has 4 atom stereocenters. The zero-order chi connectivity index (χ0) is 36.2. The molecule has 1 aromatic heterocycles. The number of carbonyl (C=O) groups is 4. The van der Waals surface area contributed by atoms with E-state index in [1.807, 2.05) is 6.07 Å². The Labute approximate surface area is 291 Å². The molecule has 0 bridgehead atoms. The summed E-state index contributed by atoms with van der Waals surface area (Å²) in [5.41, 5.74) is -4.67. The summed E-state index contributed by atoms with van der Waals surface area (Å²) in [5.74, 6) is -1.95. The van der Waals surface area contributed by atoms with Crippen LogP contribution in [-0.2, 0) is 24.6 Å². The van der Waals surface area contributed by atoms with Crippen molar-refractivity contribution in [1.82, 2.24) is 20.0 Å². The zero-order valence-electron chi connectivity index (χ0n) is 26.9. The molecule has 3 saturated heterocycles. The molecule has 4 heterocycles. The Kier molecular flexibility index (Phi) is 9.89. The highest BCUT2D eigenvalue weighted by molar-refractivity contribution is 8.24. The van der Waals surface area contributed by atoms with Crippen LogP contribution in [0.3, 0.4) is 0 Å². The van der Waals surface area contributed by atoms with Crippen LogP contribution in [0, 0.1) is 0 Å². The van der Waals surface area contributed by atoms with Gasteiger partial charge in [0.25, 0.3) is 5.91 Å². The Hall–Kier alpha value is -3.44. The van der Waals surface area contributed by atoms with E-state index in [-0.39, 0.29) is 54.0 Å². The molecular formula is C32H37F2N4O9PS2. The number of halogens is 2. The van der Waals surface area contributed by atoms with Gasteiger partial charge in [0, 0.05) is 49.4 Å². The highest BCUT2D eigenvalue weighted by atomic mass is 32.3. The van der Waals surface area contributed by atoms with Crippen LogP contribution in [0.5, 0.6) is 0 Å². The topological polar surface area (TPSA) is 188 Å². The summed E-state index contributed by atoms with van der Waals surface area (Å²) in [4.78, 5) is 77.3. The van der Waals surface area contributed by atoms with E-state index in [1.165, 1.54) is 28.9 Å². The summed E-state index contributed by atoms with van der Waals surface area (Å²) in [6.07, 6.45) is 1.25. The predicted octanol–water partition coefficient (Wildman–Crippen LogP) is 4.17. The maximum Gasteiger partial charge on any atom is 0.399 e. The van der Waals surface area contributed by atoms with Crippen molar-refractivity contribution in [3.8, 4) is 0 Å². The maximum atomic E-state index is 14.4. The third kappa shape index (κ3) is 6.92. The number of fused-ring (bicyclic) bond motifs is 2. The number of hydrogen-bond donors (Lipinski definition) is 5. The fourth-order valence-electron chi connectivity index (χ4n) is 6.95. The first-order valence-electron chi connectivity index (χ1n) is 15.9. The van der Waals surface area contributed by atoms with Crippen LogP contribution < -0.4 is 5.32 Å². The van der Waals surface area contributed by atoms with E-state index >= 15 is 0 Å². The van der Waals surface area contributed by atoms with Crippen LogP contribution in [-0.4, -0.2) is 107 Å². The van der Waals surface area contributed by atoms with Gasteiger partial charge in [-0.2, -0.15) is 19.4 Å². The van der Waals surface area contributed by atoms with Crippen molar-refractivity contribution in [3.05, 3.63) is 70.6 Å². The number of hydrogen-bond acceptors (Lipinski definition) is 8. The molecule has 4 amide bonds. The Morgan fingerprint density at radius 2 is 1.70 bits per heavy atom. The molecule has 2 aromatic carbocycles. The fourth-order valence-corrected chi connectivity index (χ4v) is 10.2. The first kappa shape index (κ1) is 36.4. The number of rotatable bonds is 6. The molecule has 3 fully saturated rings. The number of amides is 4. The lowest BCUT2D eigenvalue weighted by Gasteiger charge is -2.48. The molecule has 13 nitrogen and oxygen atoms in total. The van der Waals surface area contributed by atoms with Gasteiger partial charge in [0.05, 0.1) is 15.9 Å². The summed E-state index contributed by atoms with van der Waals surface area (Å²) >= 11 is 0.924. The number of carbonyl (C=O) groups excluding carboxylic acids is 4. The van der Waals surface area contributed by atoms with Crippen LogP contribution in [0.15, 0.2) is 54.6 Å². The van der Waals surface area contributed by atoms with Gasteiger partial charge in [-0.3, -0.25) is 32.8 Å². The van der Waals surface area contributed by atoms with Crippen LogP contribution in [0.1, 0.15) is 52.2 Å². The van der Waals surface area contributed by atoms with Gasteiger partial charge in [0.1, 0.15) is 12.1 Å². The molecule has 3 aliphatic heterocycles. The molecule has 6 rings (SSSR count). The molecule has 3 aromatic rings. The van der Waals surface area contributed by atoms with Crippen LogP contribution >= 0.6 is 29.5 Å². The monoisotopic (exact) mass is 754 g/mol. The van der Waals surface area contributed by atoms with Crippen molar-refractivity contribution in [3.63, 3.8) is 0 Å². The van der Waals surface area contributed by atoms with E-state index in [0.717, 1.165) is 23.5 Å². The minimum Gasteiger partial charge on any atom is -0.340 e. The van der Waals surface area contributed by atoms with Crippen molar-refractivity contribution < 1.29 is 51.4 Å². The SMILES string of the molecule is CC(=O)N1CC[C@H]2CC[C@@H](C(=O)N3CCS(O)(O)C(c4ccccc4)C3)N2C(=O)[C@@H](NC(=O)c2cc3cc(C(F)(F)P(=O)(O)O)ccc3s2)C1. The summed E-state index contributed by atoms with van der Waals surface area (Å²) in [5, 5.41) is 2.12. The number of thiophene rings is 1. The Balaban J connectivity index is 1.24. The van der Waals surface area contributed by atoms with Crippen LogP contribution in [0.2, 0.25) is 0 Å². The molecule has 0 radical (unpaired) electrons. The average Bonchev–Trinajstić information content (AvgIpc) is 3.68. The smallest absolute Gasteiger partial charge is 0.340 e. The normalized spacial score (nSPS) is 25.1. The molecule has 18 heteroatoms. The van der Waals surface area contributed by atoms with Gasteiger partial charge in [0.15, 0.2) is 0 Å². The van der Waals surface area contributed by atoms with Gasteiger partial charge in [0.2, 0.25) is 17.7 Å². The first-order chi connectivity index (χ1) is 23.5. The summed E-state index contributed by atoms with van der Waals surface area (Å²) in [6.45, 7) is 1.61. The summed E-state index contributed by atoms with van der Waals surface area (Å²) < 4.78 is 62.2. The Bertz CT molecular complexity index is 1870. The van der Waals surface area contributed by atoms with Gasteiger partial charge in [-0.15, -0.1) is 11.3 Å². The first-order valence-corrected chi connectivity index (χ1v) is 20.1.